The largest absolute Gasteiger partial charge is 0.426 e. The Balaban J connectivity index is 2.45. The maximum Gasteiger partial charge on any atom is 0.308 e. The molecule has 0 aliphatic rings. The fourth-order valence-electron chi connectivity index (χ4n) is 2.06. The van der Waals surface area contributed by atoms with Gasteiger partial charge in [-0.05, 0) is 24.3 Å². The average molecular weight is 270 g/mol. The molecule has 1 aromatic heterocycles. The van der Waals surface area contributed by atoms with Gasteiger partial charge in [0.15, 0.2) is 5.43 Å². The first-order chi connectivity index (χ1) is 9.16. The van der Waals surface area contributed by atoms with Gasteiger partial charge in [0.2, 0.25) is 0 Å². The van der Waals surface area contributed by atoms with Crippen LogP contribution in [0.15, 0.2) is 47.3 Å². The van der Waals surface area contributed by atoms with Crippen molar-refractivity contribution in [2.45, 2.75) is 6.92 Å². The molecule has 3 rings (SSSR count). The molecule has 0 unspecified atom stereocenters. The Morgan fingerprint density at radius 2 is 1.79 bits per heavy atom. The third-order valence-corrected chi connectivity index (χ3v) is 3.96. The SMILES string of the molecule is CC(=O)Oc1cccc2sc3ccccc3c(=O)c12. The highest BCUT2D eigenvalue weighted by molar-refractivity contribution is 7.24. The van der Waals surface area contributed by atoms with Crippen LogP contribution in [0.1, 0.15) is 6.92 Å². The molecule has 0 N–H and O–H groups in total. The molecule has 0 atom stereocenters. The Kier molecular flexibility index (Phi) is 2.80. The second kappa shape index (κ2) is 4.48. The van der Waals surface area contributed by atoms with Crippen LogP contribution in [0.4, 0.5) is 0 Å². The number of fused-ring (bicyclic) bond motifs is 2. The monoisotopic (exact) mass is 270 g/mol. The lowest BCUT2D eigenvalue weighted by Gasteiger charge is -2.06. The minimum Gasteiger partial charge on any atom is -0.426 e. The molecule has 3 nitrogen and oxygen atoms in total. The zero-order valence-electron chi connectivity index (χ0n) is 10.2. The Hall–Kier alpha value is -2.20. The van der Waals surface area contributed by atoms with Crippen molar-refractivity contribution in [1.82, 2.24) is 0 Å². The third kappa shape index (κ3) is 2.00. The number of hydrogen-bond donors (Lipinski definition) is 0. The van der Waals surface area contributed by atoms with Gasteiger partial charge in [-0.2, -0.15) is 0 Å². The van der Waals surface area contributed by atoms with Gasteiger partial charge in [-0.1, -0.05) is 18.2 Å². The van der Waals surface area contributed by atoms with E-state index in [0.717, 1.165) is 9.40 Å². The third-order valence-electron chi connectivity index (χ3n) is 2.82. The second-order valence-electron chi connectivity index (χ2n) is 4.15. The van der Waals surface area contributed by atoms with E-state index in [9.17, 15) is 9.59 Å². The van der Waals surface area contributed by atoms with Gasteiger partial charge in [-0.25, -0.2) is 0 Å². The van der Waals surface area contributed by atoms with E-state index in [1.165, 1.54) is 18.3 Å². The summed E-state index contributed by atoms with van der Waals surface area (Å²) in [5.41, 5.74) is -0.0961. The Bertz CT molecular complexity index is 849. The van der Waals surface area contributed by atoms with Crippen LogP contribution in [0.25, 0.3) is 20.2 Å². The minimum absolute atomic E-state index is 0.0961. The number of carbonyl (C=O) groups excluding carboxylic acids is 1. The number of hydrogen-bond acceptors (Lipinski definition) is 4. The van der Waals surface area contributed by atoms with Crippen molar-refractivity contribution in [2.24, 2.45) is 0 Å². The summed E-state index contributed by atoms with van der Waals surface area (Å²) in [7, 11) is 0. The van der Waals surface area contributed by atoms with Gasteiger partial charge in [0.05, 0.1) is 5.39 Å². The molecule has 0 bridgehead atoms. The average Bonchev–Trinajstić information content (AvgIpc) is 2.38. The summed E-state index contributed by atoms with van der Waals surface area (Å²) in [5.74, 6) is -0.0953. The van der Waals surface area contributed by atoms with Gasteiger partial charge in [-0.3, -0.25) is 9.59 Å². The fraction of sp³-hybridized carbons (Fsp3) is 0.0667. The molecular formula is C15H10O3S. The van der Waals surface area contributed by atoms with Crippen LogP contribution in [0, 0.1) is 0 Å². The lowest BCUT2D eigenvalue weighted by atomic mass is 10.1. The van der Waals surface area contributed by atoms with Gasteiger partial charge in [0.1, 0.15) is 5.75 Å². The maximum absolute atomic E-state index is 12.5. The summed E-state index contributed by atoms with van der Waals surface area (Å²) in [6, 6.07) is 12.7. The van der Waals surface area contributed by atoms with Crippen molar-refractivity contribution in [2.75, 3.05) is 0 Å². The van der Waals surface area contributed by atoms with E-state index in [-0.39, 0.29) is 5.43 Å². The predicted octanol–water partition coefficient (Wildman–Crippen LogP) is 3.34. The lowest BCUT2D eigenvalue weighted by Crippen LogP contribution is -2.07. The molecule has 19 heavy (non-hydrogen) atoms. The molecule has 2 aromatic carbocycles. The number of rotatable bonds is 1. The van der Waals surface area contributed by atoms with Crippen molar-refractivity contribution >= 4 is 37.5 Å². The first-order valence-corrected chi connectivity index (χ1v) is 6.61. The van der Waals surface area contributed by atoms with E-state index >= 15 is 0 Å². The molecule has 0 aliphatic carbocycles. The normalized spacial score (nSPS) is 10.8. The van der Waals surface area contributed by atoms with E-state index in [4.69, 9.17) is 4.74 Å². The summed E-state index contributed by atoms with van der Waals surface area (Å²) in [6.45, 7) is 1.33. The molecule has 0 aliphatic heterocycles. The predicted molar refractivity (Wildman–Crippen MR) is 76.9 cm³/mol. The zero-order chi connectivity index (χ0) is 13.4. The molecule has 0 radical (unpaired) electrons. The second-order valence-corrected chi connectivity index (χ2v) is 5.23. The molecule has 4 heteroatoms. The number of carbonyl (C=O) groups is 1. The highest BCUT2D eigenvalue weighted by Gasteiger charge is 2.11. The lowest BCUT2D eigenvalue weighted by molar-refractivity contribution is -0.131. The maximum atomic E-state index is 12.5. The van der Waals surface area contributed by atoms with E-state index < -0.39 is 5.97 Å². The van der Waals surface area contributed by atoms with Crippen LogP contribution in [-0.2, 0) is 4.79 Å². The van der Waals surface area contributed by atoms with Gasteiger partial charge in [-0.15, -0.1) is 11.3 Å². The molecule has 0 amide bonds. The fourth-order valence-corrected chi connectivity index (χ4v) is 3.15. The Morgan fingerprint density at radius 1 is 1.05 bits per heavy atom. The highest BCUT2D eigenvalue weighted by atomic mass is 32.1. The molecule has 1 heterocycles. The summed E-state index contributed by atoms with van der Waals surface area (Å²) in [6.07, 6.45) is 0. The van der Waals surface area contributed by atoms with Crippen LogP contribution in [0.2, 0.25) is 0 Å². The summed E-state index contributed by atoms with van der Waals surface area (Å²) in [5, 5.41) is 1.13. The summed E-state index contributed by atoms with van der Waals surface area (Å²) < 4.78 is 6.88. The standard InChI is InChI=1S/C15H10O3S/c1-9(16)18-11-6-4-8-13-14(11)15(17)10-5-2-3-7-12(10)19-13/h2-8H,1H3. The van der Waals surface area contributed by atoms with Crippen molar-refractivity contribution in [3.63, 3.8) is 0 Å². The van der Waals surface area contributed by atoms with E-state index in [1.807, 2.05) is 24.3 Å². The first kappa shape index (κ1) is 11.9. The smallest absolute Gasteiger partial charge is 0.308 e. The Labute approximate surface area is 113 Å². The summed E-state index contributed by atoms with van der Waals surface area (Å²) in [4.78, 5) is 23.6. The topological polar surface area (TPSA) is 43.4 Å². The van der Waals surface area contributed by atoms with Gasteiger partial charge in [0, 0.05) is 21.7 Å². The first-order valence-electron chi connectivity index (χ1n) is 5.80. The number of ether oxygens (including phenoxy) is 1. The van der Waals surface area contributed by atoms with E-state index in [2.05, 4.69) is 0 Å². The molecule has 3 aromatic rings. The van der Waals surface area contributed by atoms with Gasteiger partial charge in [0.25, 0.3) is 0 Å². The highest BCUT2D eigenvalue weighted by Crippen LogP contribution is 2.30. The van der Waals surface area contributed by atoms with Crippen LogP contribution < -0.4 is 10.2 Å². The van der Waals surface area contributed by atoms with Gasteiger partial charge < -0.3 is 4.74 Å². The summed E-state index contributed by atoms with van der Waals surface area (Å²) >= 11 is 1.52. The van der Waals surface area contributed by atoms with Crippen molar-refractivity contribution in [3.8, 4) is 5.75 Å². The van der Waals surface area contributed by atoms with E-state index in [0.29, 0.717) is 16.5 Å². The van der Waals surface area contributed by atoms with Crippen LogP contribution in [-0.4, -0.2) is 5.97 Å². The van der Waals surface area contributed by atoms with Crippen LogP contribution >= 0.6 is 11.3 Å². The van der Waals surface area contributed by atoms with Crippen LogP contribution in [0.5, 0.6) is 5.75 Å². The molecule has 0 fully saturated rings. The minimum atomic E-state index is -0.426. The molecule has 0 saturated heterocycles. The molecule has 0 spiro atoms. The molecular weight excluding hydrogens is 260 g/mol. The van der Waals surface area contributed by atoms with Crippen molar-refractivity contribution in [3.05, 3.63) is 52.7 Å². The molecule has 0 saturated carbocycles. The van der Waals surface area contributed by atoms with Gasteiger partial charge >= 0.3 is 5.97 Å². The van der Waals surface area contributed by atoms with Crippen molar-refractivity contribution < 1.29 is 9.53 Å². The number of benzene rings is 2. The zero-order valence-corrected chi connectivity index (χ0v) is 11.0. The quantitative estimate of drug-likeness (QED) is 0.387. The molecule has 94 valence electrons. The Morgan fingerprint density at radius 3 is 2.58 bits per heavy atom. The van der Waals surface area contributed by atoms with Crippen molar-refractivity contribution in [1.29, 1.82) is 0 Å². The van der Waals surface area contributed by atoms with E-state index in [1.54, 1.807) is 18.2 Å². The van der Waals surface area contributed by atoms with Crippen LogP contribution in [0.3, 0.4) is 0 Å². The number of esters is 1.